The number of hydrogen-bond acceptors (Lipinski definition) is 5. The van der Waals surface area contributed by atoms with Crippen LogP contribution in [0.1, 0.15) is 44.9 Å². The molecule has 0 aliphatic carbocycles. The van der Waals surface area contributed by atoms with Gasteiger partial charge in [-0.15, -0.1) is 0 Å². The lowest BCUT2D eigenvalue weighted by Crippen LogP contribution is -2.38. The molecule has 8 nitrogen and oxygen atoms in total. The third kappa shape index (κ3) is 6.39. The molecule has 2 aliphatic rings. The van der Waals surface area contributed by atoms with E-state index in [4.69, 9.17) is 5.11 Å². The van der Waals surface area contributed by atoms with E-state index < -0.39 is 18.0 Å². The molecule has 0 bridgehead atoms. The molecule has 5 N–H and O–H groups in total. The Morgan fingerprint density at radius 1 is 1.20 bits per heavy atom. The summed E-state index contributed by atoms with van der Waals surface area (Å²) in [6.07, 6.45) is 4.57. The Hall–Kier alpha value is -1.48. The molecule has 2 aliphatic heterocycles. The fourth-order valence-corrected chi connectivity index (χ4v) is 4.88. The van der Waals surface area contributed by atoms with Crippen LogP contribution in [-0.2, 0) is 9.59 Å². The van der Waals surface area contributed by atoms with Gasteiger partial charge in [0.05, 0.1) is 12.1 Å². The van der Waals surface area contributed by atoms with E-state index in [2.05, 4.69) is 16.0 Å². The number of urea groups is 1. The molecule has 4 atom stereocenters. The number of amides is 2. The van der Waals surface area contributed by atoms with E-state index in [1.54, 1.807) is 0 Å². The number of carbonyl (C=O) groups is 3. The van der Waals surface area contributed by atoms with Crippen molar-refractivity contribution >= 4 is 29.7 Å². The van der Waals surface area contributed by atoms with E-state index >= 15 is 0 Å². The number of thioether (sulfide) groups is 1. The Bertz CT molecular complexity index is 490. The first-order valence-corrected chi connectivity index (χ1v) is 9.89. The fourth-order valence-electron chi connectivity index (χ4n) is 3.33. The molecule has 0 radical (unpaired) electrons. The highest BCUT2D eigenvalue weighted by Gasteiger charge is 2.42. The number of aliphatic carboxylic acids is 2. The highest BCUT2D eigenvalue weighted by Crippen LogP contribution is 2.33. The second kappa shape index (κ2) is 9.86. The Morgan fingerprint density at radius 2 is 2.00 bits per heavy atom. The van der Waals surface area contributed by atoms with E-state index in [1.165, 1.54) is 0 Å². The van der Waals surface area contributed by atoms with Gasteiger partial charge >= 0.3 is 18.0 Å². The topological polar surface area (TPSA) is 128 Å². The Morgan fingerprint density at radius 3 is 2.72 bits per heavy atom. The molecule has 0 spiro atoms. The number of carbonyl (C=O) groups excluding carboxylic acids is 1. The average Bonchev–Trinajstić information content (AvgIpc) is 3.08. The fraction of sp³-hybridized carbons (Fsp3) is 0.812. The standard InChI is InChI=1S/C16H27N3O5S/c20-13(21)7-2-1-3-8-17-10(15(22)23)5-4-6-12-14-11(9-25-12)18-16(24)19-14/h10-12,14,17H,1-9H2,(H,20,21)(H,22,23)(H2,18,19,24)/t10?,11-,12-,14-/m0/s1. The van der Waals surface area contributed by atoms with Crippen LogP contribution < -0.4 is 16.0 Å². The van der Waals surface area contributed by atoms with Gasteiger partial charge in [0.2, 0.25) is 0 Å². The molecule has 2 rings (SSSR count). The molecule has 25 heavy (non-hydrogen) atoms. The maximum atomic E-state index is 11.4. The van der Waals surface area contributed by atoms with Crippen LogP contribution >= 0.6 is 11.8 Å². The number of unbranched alkanes of at least 4 members (excludes halogenated alkanes) is 2. The van der Waals surface area contributed by atoms with E-state index in [1.807, 2.05) is 11.8 Å². The predicted molar refractivity (Wildman–Crippen MR) is 94.9 cm³/mol. The molecule has 1 unspecified atom stereocenters. The van der Waals surface area contributed by atoms with Crippen molar-refractivity contribution < 1.29 is 24.6 Å². The predicted octanol–water partition coefficient (Wildman–Crippen LogP) is 1.01. The number of nitrogens with one attached hydrogen (secondary N) is 3. The Labute approximate surface area is 151 Å². The second-order valence-corrected chi connectivity index (χ2v) is 7.87. The van der Waals surface area contributed by atoms with Gasteiger partial charge in [0, 0.05) is 17.4 Å². The van der Waals surface area contributed by atoms with Crippen LogP contribution in [0.3, 0.4) is 0 Å². The summed E-state index contributed by atoms with van der Waals surface area (Å²) in [6, 6.07) is -0.323. The van der Waals surface area contributed by atoms with Gasteiger partial charge in [-0.3, -0.25) is 9.59 Å². The number of carboxylic acid groups (broad SMARTS) is 2. The van der Waals surface area contributed by atoms with Crippen molar-refractivity contribution in [3.8, 4) is 0 Å². The third-order valence-corrected chi connectivity index (χ3v) is 6.18. The van der Waals surface area contributed by atoms with Crippen molar-refractivity contribution in [3.63, 3.8) is 0 Å². The van der Waals surface area contributed by atoms with Crippen LogP contribution in [0, 0.1) is 0 Å². The smallest absolute Gasteiger partial charge is 0.320 e. The van der Waals surface area contributed by atoms with E-state index in [0.717, 1.165) is 31.4 Å². The third-order valence-electron chi connectivity index (χ3n) is 4.68. The van der Waals surface area contributed by atoms with Gasteiger partial charge in [-0.2, -0.15) is 11.8 Å². The first kappa shape index (κ1) is 19.8. The zero-order valence-electron chi connectivity index (χ0n) is 14.2. The summed E-state index contributed by atoms with van der Waals surface area (Å²) in [6.45, 7) is 0.583. The molecule has 2 saturated heterocycles. The Kier molecular flexibility index (Phi) is 7.83. The minimum atomic E-state index is -0.849. The number of rotatable bonds is 12. The van der Waals surface area contributed by atoms with Gasteiger partial charge < -0.3 is 26.2 Å². The molecule has 2 amide bonds. The second-order valence-electron chi connectivity index (χ2n) is 6.60. The summed E-state index contributed by atoms with van der Waals surface area (Å²) in [5.41, 5.74) is 0. The minimum absolute atomic E-state index is 0.103. The minimum Gasteiger partial charge on any atom is -0.481 e. The van der Waals surface area contributed by atoms with E-state index in [0.29, 0.717) is 24.6 Å². The van der Waals surface area contributed by atoms with E-state index in [-0.39, 0.29) is 24.5 Å². The monoisotopic (exact) mass is 373 g/mol. The van der Waals surface area contributed by atoms with Gasteiger partial charge in [-0.25, -0.2) is 4.79 Å². The SMILES string of the molecule is O=C(O)CCCCCNC(CCC[C@@H]1SC[C@@H]2NC(=O)N[C@@H]21)C(=O)O. The first-order chi connectivity index (χ1) is 12.0. The summed E-state index contributed by atoms with van der Waals surface area (Å²) in [4.78, 5) is 33.1. The molecule has 9 heteroatoms. The molecular formula is C16H27N3O5S. The van der Waals surface area contributed by atoms with Crippen molar-refractivity contribution in [2.24, 2.45) is 0 Å². The van der Waals surface area contributed by atoms with Crippen LogP contribution in [0.2, 0.25) is 0 Å². The van der Waals surface area contributed by atoms with E-state index in [9.17, 15) is 19.5 Å². The summed E-state index contributed by atoms with van der Waals surface area (Å²) < 4.78 is 0. The lowest BCUT2D eigenvalue weighted by Gasteiger charge is -2.18. The summed E-state index contributed by atoms with van der Waals surface area (Å²) in [7, 11) is 0. The molecule has 0 saturated carbocycles. The van der Waals surface area contributed by atoms with Crippen molar-refractivity contribution in [1.82, 2.24) is 16.0 Å². The van der Waals surface area contributed by atoms with Crippen LogP contribution in [0.4, 0.5) is 4.79 Å². The van der Waals surface area contributed by atoms with Crippen LogP contribution in [0.25, 0.3) is 0 Å². The van der Waals surface area contributed by atoms with Crippen molar-refractivity contribution in [2.75, 3.05) is 12.3 Å². The molecule has 0 aromatic rings. The largest absolute Gasteiger partial charge is 0.481 e. The van der Waals surface area contributed by atoms with Gasteiger partial charge in [0.1, 0.15) is 6.04 Å². The lowest BCUT2D eigenvalue weighted by molar-refractivity contribution is -0.139. The number of carboxylic acids is 2. The van der Waals surface area contributed by atoms with Gasteiger partial charge in [-0.1, -0.05) is 12.8 Å². The quantitative estimate of drug-likeness (QED) is 0.255. The van der Waals surface area contributed by atoms with Gasteiger partial charge in [-0.05, 0) is 32.2 Å². The normalized spacial score (nSPS) is 25.9. The molecule has 142 valence electrons. The number of hydrogen-bond donors (Lipinski definition) is 5. The average molecular weight is 373 g/mol. The maximum absolute atomic E-state index is 11.4. The van der Waals surface area contributed by atoms with Crippen LogP contribution in [0.5, 0.6) is 0 Å². The van der Waals surface area contributed by atoms with Crippen LogP contribution in [-0.4, -0.2) is 63.9 Å². The maximum Gasteiger partial charge on any atom is 0.320 e. The summed E-state index contributed by atoms with van der Waals surface area (Å²) >= 11 is 1.83. The zero-order chi connectivity index (χ0) is 18.2. The Balaban J connectivity index is 1.60. The summed E-state index contributed by atoms with van der Waals surface area (Å²) in [5, 5.41) is 27.1. The highest BCUT2D eigenvalue weighted by molar-refractivity contribution is 8.00. The van der Waals surface area contributed by atoms with Crippen molar-refractivity contribution in [3.05, 3.63) is 0 Å². The first-order valence-electron chi connectivity index (χ1n) is 8.84. The molecule has 0 aromatic heterocycles. The lowest BCUT2D eigenvalue weighted by atomic mass is 10.0. The van der Waals surface area contributed by atoms with Crippen molar-refractivity contribution in [1.29, 1.82) is 0 Å². The van der Waals surface area contributed by atoms with Crippen molar-refractivity contribution in [2.45, 2.75) is 68.3 Å². The molecular weight excluding hydrogens is 346 g/mol. The highest BCUT2D eigenvalue weighted by atomic mass is 32.2. The number of fused-ring (bicyclic) bond motifs is 1. The van der Waals surface area contributed by atoms with Crippen LogP contribution in [0.15, 0.2) is 0 Å². The molecule has 2 fully saturated rings. The van der Waals surface area contributed by atoms with Gasteiger partial charge in [0.25, 0.3) is 0 Å². The molecule has 2 heterocycles. The zero-order valence-corrected chi connectivity index (χ0v) is 15.0. The van der Waals surface area contributed by atoms with Gasteiger partial charge in [0.15, 0.2) is 0 Å². The summed E-state index contributed by atoms with van der Waals surface area (Å²) in [5.74, 6) is -0.735. The molecule has 0 aromatic carbocycles.